The van der Waals surface area contributed by atoms with Crippen LogP contribution < -0.4 is 11.1 Å². The third-order valence-corrected chi connectivity index (χ3v) is 3.38. The number of benzene rings is 1. The molecule has 0 aliphatic heterocycles. The van der Waals surface area contributed by atoms with E-state index in [4.69, 9.17) is 5.73 Å². The molecular weight excluding hydrogens is 260 g/mol. The van der Waals surface area contributed by atoms with Crippen LogP contribution in [0.25, 0.3) is 0 Å². The first-order valence-corrected chi connectivity index (χ1v) is 7.46. The summed E-state index contributed by atoms with van der Waals surface area (Å²) < 4.78 is 0. The van der Waals surface area contributed by atoms with Crippen LogP contribution in [0.4, 0.5) is 5.82 Å². The van der Waals surface area contributed by atoms with Gasteiger partial charge in [-0.3, -0.25) is 0 Å². The summed E-state index contributed by atoms with van der Waals surface area (Å²) in [6.45, 7) is 6.99. The summed E-state index contributed by atoms with van der Waals surface area (Å²) in [7, 11) is 0. The molecule has 0 amide bonds. The Morgan fingerprint density at radius 3 is 2.52 bits per heavy atom. The van der Waals surface area contributed by atoms with Crippen molar-refractivity contribution < 1.29 is 0 Å². The van der Waals surface area contributed by atoms with Gasteiger partial charge in [-0.05, 0) is 18.9 Å². The number of hydrogen-bond donors (Lipinski definition) is 2. The van der Waals surface area contributed by atoms with Gasteiger partial charge in [-0.25, -0.2) is 9.97 Å². The second-order valence-corrected chi connectivity index (χ2v) is 5.64. The number of nitrogens with two attached hydrogens (primary N) is 1. The van der Waals surface area contributed by atoms with Gasteiger partial charge in [0.1, 0.15) is 11.6 Å². The van der Waals surface area contributed by atoms with Crippen LogP contribution in [0.3, 0.4) is 0 Å². The Labute approximate surface area is 126 Å². The maximum absolute atomic E-state index is 6.19. The van der Waals surface area contributed by atoms with Gasteiger partial charge in [0.2, 0.25) is 0 Å². The number of aromatic nitrogens is 2. The average Bonchev–Trinajstić information content (AvgIpc) is 2.47. The molecule has 21 heavy (non-hydrogen) atoms. The Hall–Kier alpha value is -1.94. The zero-order chi connectivity index (χ0) is 15.2. The molecule has 4 heteroatoms. The molecule has 1 unspecified atom stereocenters. The van der Waals surface area contributed by atoms with Crippen LogP contribution in [-0.2, 0) is 0 Å². The first-order valence-electron chi connectivity index (χ1n) is 7.46. The molecule has 4 nitrogen and oxygen atoms in total. The van der Waals surface area contributed by atoms with Crippen LogP contribution in [0.5, 0.6) is 0 Å². The summed E-state index contributed by atoms with van der Waals surface area (Å²) in [5, 5.41) is 3.35. The molecule has 0 spiro atoms. The Bertz CT molecular complexity index is 566. The molecular formula is C17H24N4. The van der Waals surface area contributed by atoms with Crippen molar-refractivity contribution in [3.05, 3.63) is 53.5 Å². The minimum absolute atomic E-state index is 0.0474. The molecule has 0 aliphatic rings. The quantitative estimate of drug-likeness (QED) is 0.853. The van der Waals surface area contributed by atoms with E-state index in [1.165, 1.54) is 5.56 Å². The highest BCUT2D eigenvalue weighted by atomic mass is 15.0. The molecule has 112 valence electrons. The van der Waals surface area contributed by atoms with E-state index in [-0.39, 0.29) is 6.04 Å². The van der Waals surface area contributed by atoms with Crippen LogP contribution in [0.15, 0.2) is 36.4 Å². The van der Waals surface area contributed by atoms with E-state index < -0.39 is 0 Å². The summed E-state index contributed by atoms with van der Waals surface area (Å²) >= 11 is 0. The molecule has 0 radical (unpaired) electrons. The first-order chi connectivity index (χ1) is 10.1. The monoisotopic (exact) mass is 284 g/mol. The van der Waals surface area contributed by atoms with E-state index >= 15 is 0 Å². The van der Waals surface area contributed by atoms with Crippen LogP contribution in [0, 0.1) is 6.92 Å². The lowest BCUT2D eigenvalue weighted by Gasteiger charge is -2.14. The Kier molecular flexibility index (Phi) is 5.28. The van der Waals surface area contributed by atoms with Crippen LogP contribution >= 0.6 is 0 Å². The van der Waals surface area contributed by atoms with Crippen LogP contribution in [0.1, 0.15) is 49.3 Å². The van der Waals surface area contributed by atoms with Crippen molar-refractivity contribution >= 4 is 5.82 Å². The van der Waals surface area contributed by atoms with Gasteiger partial charge in [0.25, 0.3) is 0 Å². The van der Waals surface area contributed by atoms with Crippen molar-refractivity contribution in [3.8, 4) is 0 Å². The van der Waals surface area contributed by atoms with Gasteiger partial charge in [-0.15, -0.1) is 0 Å². The minimum Gasteiger partial charge on any atom is -0.370 e. The largest absolute Gasteiger partial charge is 0.370 e. The Morgan fingerprint density at radius 2 is 1.86 bits per heavy atom. The molecule has 1 aromatic heterocycles. The van der Waals surface area contributed by atoms with Gasteiger partial charge in [0.15, 0.2) is 0 Å². The number of nitrogens with one attached hydrogen (secondary N) is 1. The minimum atomic E-state index is 0.0474. The number of rotatable bonds is 6. The normalized spacial score (nSPS) is 12.4. The predicted molar refractivity (Wildman–Crippen MR) is 87.3 cm³/mol. The highest BCUT2D eigenvalue weighted by molar-refractivity contribution is 5.36. The molecule has 2 aromatic rings. The lowest BCUT2D eigenvalue weighted by Crippen LogP contribution is -2.16. The molecule has 2 rings (SSSR count). The van der Waals surface area contributed by atoms with Gasteiger partial charge in [0, 0.05) is 30.3 Å². The fourth-order valence-electron chi connectivity index (χ4n) is 2.16. The summed E-state index contributed by atoms with van der Waals surface area (Å²) in [5.74, 6) is 2.09. The summed E-state index contributed by atoms with van der Waals surface area (Å²) in [5.41, 5.74) is 8.35. The number of anilines is 1. The van der Waals surface area contributed by atoms with Gasteiger partial charge in [0.05, 0.1) is 0 Å². The van der Waals surface area contributed by atoms with E-state index in [2.05, 4.69) is 41.3 Å². The zero-order valence-electron chi connectivity index (χ0n) is 13.0. The second kappa shape index (κ2) is 7.18. The van der Waals surface area contributed by atoms with Crippen LogP contribution in [-0.4, -0.2) is 16.5 Å². The van der Waals surface area contributed by atoms with E-state index in [0.29, 0.717) is 5.92 Å². The Balaban J connectivity index is 1.91. The molecule has 0 aliphatic carbocycles. The van der Waals surface area contributed by atoms with Gasteiger partial charge in [-0.2, -0.15) is 0 Å². The van der Waals surface area contributed by atoms with Crippen molar-refractivity contribution in [2.75, 3.05) is 11.9 Å². The SMILES string of the molecule is Cc1cc(NCCC(N)c2ccccc2)nc(C(C)C)n1. The molecule has 1 aromatic carbocycles. The van der Waals surface area contributed by atoms with E-state index in [9.17, 15) is 0 Å². The predicted octanol–water partition coefficient (Wildman–Crippen LogP) is 3.41. The van der Waals surface area contributed by atoms with Crippen molar-refractivity contribution in [2.24, 2.45) is 5.73 Å². The maximum atomic E-state index is 6.19. The maximum Gasteiger partial charge on any atom is 0.133 e. The van der Waals surface area contributed by atoms with Gasteiger partial charge >= 0.3 is 0 Å². The molecule has 1 heterocycles. The number of hydrogen-bond acceptors (Lipinski definition) is 4. The van der Waals surface area contributed by atoms with Crippen molar-refractivity contribution in [2.45, 2.75) is 39.2 Å². The van der Waals surface area contributed by atoms with Crippen LogP contribution in [0.2, 0.25) is 0 Å². The third-order valence-electron chi connectivity index (χ3n) is 3.38. The smallest absolute Gasteiger partial charge is 0.133 e. The van der Waals surface area contributed by atoms with Crippen molar-refractivity contribution in [1.82, 2.24) is 9.97 Å². The first kappa shape index (κ1) is 15.4. The van der Waals surface area contributed by atoms with E-state index in [1.54, 1.807) is 0 Å². The fraction of sp³-hybridized carbons (Fsp3) is 0.412. The zero-order valence-corrected chi connectivity index (χ0v) is 13.0. The molecule has 3 N–H and O–H groups in total. The molecule has 1 atom stereocenters. The summed E-state index contributed by atoms with van der Waals surface area (Å²) in [6, 6.07) is 12.2. The van der Waals surface area contributed by atoms with E-state index in [1.807, 2.05) is 31.2 Å². The van der Waals surface area contributed by atoms with Crippen molar-refractivity contribution in [3.63, 3.8) is 0 Å². The summed E-state index contributed by atoms with van der Waals surface area (Å²) in [4.78, 5) is 8.99. The standard InChI is InChI=1S/C17H24N4/c1-12(2)17-20-13(3)11-16(21-17)19-10-9-15(18)14-7-5-4-6-8-14/h4-8,11-12,15H,9-10,18H2,1-3H3,(H,19,20,21). The molecule has 0 bridgehead atoms. The second-order valence-electron chi connectivity index (χ2n) is 5.64. The number of nitrogens with zero attached hydrogens (tertiary/aromatic N) is 2. The number of aryl methyl sites for hydroxylation is 1. The molecule has 0 fully saturated rings. The average molecular weight is 284 g/mol. The lowest BCUT2D eigenvalue weighted by molar-refractivity contribution is 0.673. The highest BCUT2D eigenvalue weighted by Gasteiger charge is 2.07. The molecule has 0 saturated heterocycles. The van der Waals surface area contributed by atoms with Crippen molar-refractivity contribution in [1.29, 1.82) is 0 Å². The highest BCUT2D eigenvalue weighted by Crippen LogP contribution is 2.16. The Morgan fingerprint density at radius 1 is 1.14 bits per heavy atom. The third kappa shape index (κ3) is 4.53. The lowest BCUT2D eigenvalue weighted by atomic mass is 10.1. The topological polar surface area (TPSA) is 63.8 Å². The summed E-state index contributed by atoms with van der Waals surface area (Å²) in [6.07, 6.45) is 0.865. The molecule has 0 saturated carbocycles. The van der Waals surface area contributed by atoms with Gasteiger partial charge in [-0.1, -0.05) is 44.2 Å². The fourth-order valence-corrected chi connectivity index (χ4v) is 2.16. The van der Waals surface area contributed by atoms with E-state index in [0.717, 1.165) is 30.3 Å². The van der Waals surface area contributed by atoms with Gasteiger partial charge < -0.3 is 11.1 Å².